The first-order valence-corrected chi connectivity index (χ1v) is 8.93. The molecule has 1 heterocycles. The number of fused-ring (bicyclic) bond motifs is 1. The van der Waals surface area contributed by atoms with Crippen molar-refractivity contribution in [1.29, 1.82) is 0 Å². The molecule has 1 aromatic rings. The van der Waals surface area contributed by atoms with E-state index in [9.17, 15) is 0 Å². The molecule has 2 aliphatic rings. The summed E-state index contributed by atoms with van der Waals surface area (Å²) < 4.78 is 5.93. The van der Waals surface area contributed by atoms with Crippen molar-refractivity contribution in [2.24, 2.45) is 11.8 Å². The molecule has 0 radical (unpaired) electrons. The van der Waals surface area contributed by atoms with Crippen LogP contribution in [0.25, 0.3) is 0 Å². The molecule has 23 heavy (non-hydrogen) atoms. The molecule has 3 nitrogen and oxygen atoms in total. The highest BCUT2D eigenvalue weighted by atomic mass is 16.7. The van der Waals surface area contributed by atoms with E-state index in [1.165, 1.54) is 12.0 Å². The molecule has 0 N–H and O–H groups in total. The van der Waals surface area contributed by atoms with Gasteiger partial charge in [0.15, 0.2) is 0 Å². The molecular formula is C20H31NO2. The summed E-state index contributed by atoms with van der Waals surface area (Å²) in [5.41, 5.74) is 1.39. The highest BCUT2D eigenvalue weighted by Crippen LogP contribution is 2.54. The first-order chi connectivity index (χ1) is 10.8. The van der Waals surface area contributed by atoms with E-state index in [0.717, 1.165) is 12.2 Å². The zero-order chi connectivity index (χ0) is 16.8. The molecular weight excluding hydrogens is 286 g/mol. The third kappa shape index (κ3) is 2.78. The molecule has 1 aliphatic carbocycles. The van der Waals surface area contributed by atoms with Gasteiger partial charge in [-0.1, -0.05) is 32.0 Å². The van der Waals surface area contributed by atoms with Crippen LogP contribution in [0.3, 0.4) is 0 Å². The van der Waals surface area contributed by atoms with E-state index in [1.807, 2.05) is 0 Å². The van der Waals surface area contributed by atoms with Crippen molar-refractivity contribution < 1.29 is 9.57 Å². The zero-order valence-corrected chi connectivity index (χ0v) is 15.4. The van der Waals surface area contributed by atoms with E-state index >= 15 is 0 Å². The Kier molecular flexibility index (Phi) is 4.22. The summed E-state index contributed by atoms with van der Waals surface area (Å²) in [5.74, 6) is 2.18. The minimum Gasteiger partial charge on any atom is -0.494 e. The number of hydrogen-bond donors (Lipinski definition) is 0. The molecule has 2 fully saturated rings. The summed E-state index contributed by atoms with van der Waals surface area (Å²) in [6, 6.07) is 9.09. The van der Waals surface area contributed by atoms with Crippen LogP contribution in [0.5, 0.6) is 5.75 Å². The normalized spacial score (nSPS) is 36.7. The molecule has 0 spiro atoms. The third-order valence-corrected chi connectivity index (χ3v) is 5.97. The Labute approximate surface area is 140 Å². The van der Waals surface area contributed by atoms with Crippen LogP contribution in [0, 0.1) is 11.8 Å². The van der Waals surface area contributed by atoms with Crippen LogP contribution >= 0.6 is 0 Å². The molecule has 0 aromatic heterocycles. The van der Waals surface area contributed by atoms with Gasteiger partial charge in [-0.2, -0.15) is 5.06 Å². The molecule has 0 bridgehead atoms. The number of para-hydroxylation sites is 1. The van der Waals surface area contributed by atoms with E-state index in [1.54, 1.807) is 0 Å². The average Bonchev–Trinajstić information content (AvgIpc) is 2.69. The summed E-state index contributed by atoms with van der Waals surface area (Å²) in [6.07, 6.45) is 2.31. The maximum atomic E-state index is 6.18. The molecule has 3 heteroatoms. The standard InChI is InChI=1S/C20H31NO2/c1-7-22-17-11-9-8-10-15(17)20(5)12-14(2)18-16(13-20)19(3,4)23-21(18)6/h8-11,14,16,18H,7,12-13H2,1-6H3/t14-,16+,18+,20+/m0/s1. The Balaban J connectivity index is 1.98. The smallest absolute Gasteiger partial charge is 0.123 e. The lowest BCUT2D eigenvalue weighted by molar-refractivity contribution is -0.182. The molecule has 1 saturated heterocycles. The third-order valence-electron chi connectivity index (χ3n) is 5.97. The van der Waals surface area contributed by atoms with Gasteiger partial charge in [0.05, 0.1) is 12.2 Å². The van der Waals surface area contributed by atoms with Crippen molar-refractivity contribution in [2.45, 2.75) is 64.5 Å². The van der Waals surface area contributed by atoms with Crippen molar-refractivity contribution in [2.75, 3.05) is 13.7 Å². The number of benzene rings is 1. The van der Waals surface area contributed by atoms with Crippen molar-refractivity contribution in [1.82, 2.24) is 5.06 Å². The fraction of sp³-hybridized carbons (Fsp3) is 0.700. The number of hydroxylamine groups is 2. The predicted molar refractivity (Wildman–Crippen MR) is 93.6 cm³/mol. The monoisotopic (exact) mass is 317 g/mol. The van der Waals surface area contributed by atoms with E-state index < -0.39 is 0 Å². The van der Waals surface area contributed by atoms with Gasteiger partial charge in [0.1, 0.15) is 5.75 Å². The molecule has 0 amide bonds. The van der Waals surface area contributed by atoms with E-state index in [2.05, 4.69) is 71.0 Å². The molecule has 3 rings (SSSR count). The number of nitrogens with zero attached hydrogens (tertiary/aromatic N) is 1. The molecule has 0 unspecified atom stereocenters. The van der Waals surface area contributed by atoms with E-state index in [-0.39, 0.29) is 11.0 Å². The van der Waals surface area contributed by atoms with Gasteiger partial charge in [-0.3, -0.25) is 4.84 Å². The topological polar surface area (TPSA) is 21.7 Å². The van der Waals surface area contributed by atoms with Crippen LogP contribution in [-0.2, 0) is 10.3 Å². The largest absolute Gasteiger partial charge is 0.494 e. The Hall–Kier alpha value is -1.06. The summed E-state index contributed by atoms with van der Waals surface area (Å²) in [4.78, 5) is 6.18. The van der Waals surface area contributed by atoms with Gasteiger partial charge in [0.25, 0.3) is 0 Å². The SMILES string of the molecule is CCOc1ccccc1[C@@]1(C)C[C@@H]2[C@@H]([C@@H](C)C1)N(C)OC2(C)C. The van der Waals surface area contributed by atoms with Gasteiger partial charge in [-0.25, -0.2) is 0 Å². The molecule has 1 aromatic carbocycles. The Morgan fingerprint density at radius 1 is 1.22 bits per heavy atom. The van der Waals surface area contributed by atoms with Crippen LogP contribution in [0.4, 0.5) is 0 Å². The number of hydrogen-bond acceptors (Lipinski definition) is 3. The lowest BCUT2D eigenvalue weighted by atomic mass is 9.59. The van der Waals surface area contributed by atoms with Gasteiger partial charge in [0.2, 0.25) is 0 Å². The van der Waals surface area contributed by atoms with Crippen LogP contribution in [0.2, 0.25) is 0 Å². The Morgan fingerprint density at radius 2 is 1.91 bits per heavy atom. The van der Waals surface area contributed by atoms with Gasteiger partial charge in [0, 0.05) is 24.6 Å². The molecule has 128 valence electrons. The van der Waals surface area contributed by atoms with Crippen LogP contribution in [-0.4, -0.2) is 30.4 Å². The van der Waals surface area contributed by atoms with Crippen molar-refractivity contribution in [3.8, 4) is 5.75 Å². The lowest BCUT2D eigenvalue weighted by Gasteiger charge is -2.46. The van der Waals surface area contributed by atoms with Crippen LogP contribution in [0.1, 0.15) is 53.0 Å². The second-order valence-electron chi connectivity index (χ2n) is 8.21. The summed E-state index contributed by atoms with van der Waals surface area (Å²) in [5, 5.41) is 2.11. The summed E-state index contributed by atoms with van der Waals surface area (Å²) in [6.45, 7) is 12.0. The van der Waals surface area contributed by atoms with Gasteiger partial charge in [-0.05, 0) is 51.0 Å². The average molecular weight is 317 g/mol. The van der Waals surface area contributed by atoms with Gasteiger partial charge < -0.3 is 4.74 Å². The highest BCUT2D eigenvalue weighted by Gasteiger charge is 2.55. The lowest BCUT2D eigenvalue weighted by Crippen LogP contribution is -2.48. The van der Waals surface area contributed by atoms with Gasteiger partial charge in [-0.15, -0.1) is 0 Å². The van der Waals surface area contributed by atoms with E-state index in [4.69, 9.17) is 9.57 Å². The maximum Gasteiger partial charge on any atom is 0.123 e. The maximum absolute atomic E-state index is 6.18. The highest BCUT2D eigenvalue weighted by molar-refractivity contribution is 5.40. The van der Waals surface area contributed by atoms with Crippen molar-refractivity contribution >= 4 is 0 Å². The first-order valence-electron chi connectivity index (χ1n) is 8.93. The summed E-state index contributed by atoms with van der Waals surface area (Å²) >= 11 is 0. The zero-order valence-electron chi connectivity index (χ0n) is 15.4. The fourth-order valence-electron chi connectivity index (χ4n) is 5.15. The number of ether oxygens (including phenoxy) is 1. The quantitative estimate of drug-likeness (QED) is 0.824. The Morgan fingerprint density at radius 3 is 2.61 bits per heavy atom. The minimum absolute atomic E-state index is 0.101. The van der Waals surface area contributed by atoms with Crippen molar-refractivity contribution in [3.05, 3.63) is 29.8 Å². The van der Waals surface area contributed by atoms with Crippen molar-refractivity contribution in [3.63, 3.8) is 0 Å². The van der Waals surface area contributed by atoms with Crippen LogP contribution in [0.15, 0.2) is 24.3 Å². The van der Waals surface area contributed by atoms with Crippen LogP contribution < -0.4 is 4.74 Å². The van der Waals surface area contributed by atoms with E-state index in [0.29, 0.717) is 24.5 Å². The molecule has 1 aliphatic heterocycles. The Bertz CT molecular complexity index is 571. The molecule has 4 atom stereocenters. The molecule has 1 saturated carbocycles. The fourth-order valence-corrected chi connectivity index (χ4v) is 5.15. The second kappa shape index (κ2) is 5.78. The van der Waals surface area contributed by atoms with Gasteiger partial charge >= 0.3 is 0 Å². The number of rotatable bonds is 3. The summed E-state index contributed by atoms with van der Waals surface area (Å²) in [7, 11) is 2.10. The minimum atomic E-state index is -0.101. The first kappa shape index (κ1) is 16.8. The second-order valence-corrected chi connectivity index (χ2v) is 8.21. The predicted octanol–water partition coefficient (Wildman–Crippen LogP) is 4.41.